The van der Waals surface area contributed by atoms with Gasteiger partial charge in [0.15, 0.2) is 5.17 Å². The molecule has 0 amide bonds. The van der Waals surface area contributed by atoms with Crippen molar-refractivity contribution in [2.45, 2.75) is 13.0 Å². The Hall–Kier alpha value is -1.22. The summed E-state index contributed by atoms with van der Waals surface area (Å²) < 4.78 is 0. The van der Waals surface area contributed by atoms with Crippen LogP contribution in [0.5, 0.6) is 0 Å². The third-order valence-electron chi connectivity index (χ3n) is 2.30. The Labute approximate surface area is 94.5 Å². The fourth-order valence-electron chi connectivity index (χ4n) is 1.57. The van der Waals surface area contributed by atoms with Gasteiger partial charge in [-0.15, -0.1) is 0 Å². The zero-order chi connectivity index (χ0) is 10.7. The van der Waals surface area contributed by atoms with Gasteiger partial charge >= 0.3 is 0 Å². The van der Waals surface area contributed by atoms with Crippen LogP contribution in [-0.2, 0) is 0 Å². The molecule has 0 bridgehead atoms. The minimum absolute atomic E-state index is 0.162. The van der Waals surface area contributed by atoms with E-state index in [0.717, 1.165) is 5.17 Å². The van der Waals surface area contributed by atoms with Crippen LogP contribution >= 0.6 is 11.8 Å². The number of hydrogen-bond acceptors (Lipinski definition) is 3. The van der Waals surface area contributed by atoms with Crippen LogP contribution in [0.15, 0.2) is 47.1 Å². The van der Waals surface area contributed by atoms with Crippen LogP contribution in [0.3, 0.4) is 0 Å². The van der Waals surface area contributed by atoms with Gasteiger partial charge in [0, 0.05) is 5.70 Å². The van der Waals surface area contributed by atoms with Crippen molar-refractivity contribution in [2.75, 3.05) is 6.26 Å². The van der Waals surface area contributed by atoms with E-state index < -0.39 is 0 Å². The summed E-state index contributed by atoms with van der Waals surface area (Å²) in [5.41, 5.74) is 2.41. The molecular weight excluding hydrogens is 204 g/mol. The summed E-state index contributed by atoms with van der Waals surface area (Å²) in [4.78, 5) is 4.61. The topological polar surface area (TPSA) is 24.4 Å². The van der Waals surface area contributed by atoms with Crippen LogP contribution in [0.1, 0.15) is 18.5 Å². The Kier molecular flexibility index (Phi) is 3.11. The minimum atomic E-state index is 0.162. The molecule has 2 rings (SSSR count). The quantitative estimate of drug-likeness (QED) is 0.783. The molecule has 0 saturated carbocycles. The molecule has 0 spiro atoms. The highest BCUT2D eigenvalue weighted by molar-refractivity contribution is 8.13. The highest BCUT2D eigenvalue weighted by Crippen LogP contribution is 2.24. The molecule has 1 heterocycles. The van der Waals surface area contributed by atoms with E-state index in [1.807, 2.05) is 12.3 Å². The van der Waals surface area contributed by atoms with Gasteiger partial charge in [0.25, 0.3) is 0 Å². The maximum absolute atomic E-state index is 4.61. The fourth-order valence-corrected chi connectivity index (χ4v) is 2.05. The fraction of sp³-hybridized carbons (Fsp3) is 0.250. The molecule has 1 aromatic carbocycles. The van der Waals surface area contributed by atoms with Gasteiger partial charge in [-0.1, -0.05) is 42.1 Å². The zero-order valence-corrected chi connectivity index (χ0v) is 9.71. The lowest BCUT2D eigenvalue weighted by Gasteiger charge is -2.19. The summed E-state index contributed by atoms with van der Waals surface area (Å²) in [5, 5.41) is 4.23. The standard InChI is InChI=1S/C12H14N2S/c1-9-8-11(14-12(13-9)15-2)10-6-4-3-5-7-10/h3-8,11H,1-2H3,(H,13,14). The number of nitrogens with zero attached hydrogens (tertiary/aromatic N) is 1. The Bertz CT molecular complexity index is 395. The first kappa shape index (κ1) is 10.3. The molecule has 1 atom stereocenters. The largest absolute Gasteiger partial charge is 0.339 e. The second-order valence-corrected chi connectivity index (χ2v) is 4.26. The maximum Gasteiger partial charge on any atom is 0.161 e. The molecule has 1 aliphatic rings. The van der Waals surface area contributed by atoms with E-state index in [1.54, 1.807) is 11.8 Å². The summed E-state index contributed by atoms with van der Waals surface area (Å²) in [6.07, 6.45) is 4.18. The molecule has 0 aromatic heterocycles. The Morgan fingerprint density at radius 3 is 2.67 bits per heavy atom. The van der Waals surface area contributed by atoms with Crippen molar-refractivity contribution in [1.29, 1.82) is 0 Å². The van der Waals surface area contributed by atoms with E-state index >= 15 is 0 Å². The number of benzene rings is 1. The molecule has 15 heavy (non-hydrogen) atoms. The minimum Gasteiger partial charge on any atom is -0.339 e. The van der Waals surface area contributed by atoms with Crippen molar-refractivity contribution >= 4 is 16.9 Å². The highest BCUT2D eigenvalue weighted by atomic mass is 32.2. The number of aliphatic imine (C=N–C) groups is 1. The predicted octanol–water partition coefficient (Wildman–Crippen LogP) is 2.95. The van der Waals surface area contributed by atoms with Crippen LogP contribution in [0.2, 0.25) is 0 Å². The average molecular weight is 218 g/mol. The molecule has 0 saturated heterocycles. The summed E-state index contributed by atoms with van der Waals surface area (Å²) in [6, 6.07) is 10.5. The number of nitrogens with one attached hydrogen (secondary N) is 1. The SMILES string of the molecule is CSC1=NC(c2ccccc2)C=C(C)N1. The van der Waals surface area contributed by atoms with Gasteiger partial charge in [0.1, 0.15) is 0 Å². The highest BCUT2D eigenvalue weighted by Gasteiger charge is 2.13. The van der Waals surface area contributed by atoms with Crippen LogP contribution in [0, 0.1) is 0 Å². The summed E-state index contributed by atoms with van der Waals surface area (Å²) in [6.45, 7) is 2.07. The Morgan fingerprint density at radius 1 is 1.27 bits per heavy atom. The Balaban J connectivity index is 2.29. The van der Waals surface area contributed by atoms with E-state index in [4.69, 9.17) is 0 Å². The van der Waals surface area contributed by atoms with E-state index in [1.165, 1.54) is 11.3 Å². The van der Waals surface area contributed by atoms with E-state index in [-0.39, 0.29) is 6.04 Å². The van der Waals surface area contributed by atoms with Gasteiger partial charge in [-0.25, -0.2) is 4.99 Å². The molecule has 0 fully saturated rings. The number of amidine groups is 1. The lowest BCUT2D eigenvalue weighted by Crippen LogP contribution is -2.23. The number of hydrogen-bond donors (Lipinski definition) is 1. The predicted molar refractivity (Wildman–Crippen MR) is 67.0 cm³/mol. The summed E-state index contributed by atoms with van der Waals surface area (Å²) in [7, 11) is 0. The summed E-state index contributed by atoms with van der Waals surface area (Å²) in [5.74, 6) is 0. The second-order valence-electron chi connectivity index (χ2n) is 3.47. The number of allylic oxidation sites excluding steroid dienone is 1. The molecule has 0 radical (unpaired) electrons. The normalized spacial score (nSPS) is 20.3. The van der Waals surface area contributed by atoms with E-state index in [0.29, 0.717) is 0 Å². The van der Waals surface area contributed by atoms with Crippen molar-refractivity contribution in [2.24, 2.45) is 4.99 Å². The molecule has 1 aromatic rings. The monoisotopic (exact) mass is 218 g/mol. The average Bonchev–Trinajstić information content (AvgIpc) is 2.29. The zero-order valence-electron chi connectivity index (χ0n) is 8.90. The molecule has 0 aliphatic carbocycles. The summed E-state index contributed by atoms with van der Waals surface area (Å²) >= 11 is 1.65. The van der Waals surface area contributed by atoms with E-state index in [9.17, 15) is 0 Å². The first-order valence-electron chi connectivity index (χ1n) is 4.92. The Morgan fingerprint density at radius 2 is 2.00 bits per heavy atom. The van der Waals surface area contributed by atoms with Crippen molar-refractivity contribution < 1.29 is 0 Å². The molecule has 1 aliphatic heterocycles. The van der Waals surface area contributed by atoms with Gasteiger partial charge < -0.3 is 5.32 Å². The third-order valence-corrected chi connectivity index (χ3v) is 2.90. The molecule has 1 unspecified atom stereocenters. The van der Waals surface area contributed by atoms with Crippen molar-refractivity contribution in [3.63, 3.8) is 0 Å². The van der Waals surface area contributed by atoms with Crippen molar-refractivity contribution in [3.8, 4) is 0 Å². The number of rotatable bonds is 1. The van der Waals surface area contributed by atoms with Gasteiger partial charge in [-0.3, -0.25) is 0 Å². The van der Waals surface area contributed by atoms with Crippen LogP contribution in [0.4, 0.5) is 0 Å². The maximum atomic E-state index is 4.61. The van der Waals surface area contributed by atoms with Gasteiger partial charge in [0.05, 0.1) is 6.04 Å². The van der Waals surface area contributed by atoms with Crippen molar-refractivity contribution in [3.05, 3.63) is 47.7 Å². The van der Waals surface area contributed by atoms with Gasteiger partial charge in [-0.2, -0.15) is 0 Å². The van der Waals surface area contributed by atoms with Crippen LogP contribution < -0.4 is 5.32 Å². The molecular formula is C12H14N2S. The van der Waals surface area contributed by atoms with Crippen LogP contribution in [0.25, 0.3) is 0 Å². The lowest BCUT2D eigenvalue weighted by molar-refractivity contribution is 0.853. The van der Waals surface area contributed by atoms with E-state index in [2.05, 4.69) is 47.6 Å². The smallest absolute Gasteiger partial charge is 0.161 e. The lowest BCUT2D eigenvalue weighted by atomic mass is 10.1. The van der Waals surface area contributed by atoms with Crippen molar-refractivity contribution in [1.82, 2.24) is 5.32 Å². The number of thioether (sulfide) groups is 1. The third kappa shape index (κ3) is 2.42. The molecule has 1 N–H and O–H groups in total. The first-order chi connectivity index (χ1) is 7.29. The first-order valence-corrected chi connectivity index (χ1v) is 6.14. The molecule has 3 heteroatoms. The van der Waals surface area contributed by atoms with Crippen LogP contribution in [-0.4, -0.2) is 11.4 Å². The van der Waals surface area contributed by atoms with Gasteiger partial charge in [0.2, 0.25) is 0 Å². The second kappa shape index (κ2) is 4.53. The van der Waals surface area contributed by atoms with Gasteiger partial charge in [-0.05, 0) is 24.8 Å². The molecule has 2 nitrogen and oxygen atoms in total. The molecule has 78 valence electrons.